The molecule has 1 saturated carbocycles. The molecule has 0 heterocycles. The van der Waals surface area contributed by atoms with E-state index in [1.165, 1.54) is 12.8 Å². The molecule has 2 N–H and O–H groups in total. The Hall–Kier alpha value is -1.18. The second-order valence-electron chi connectivity index (χ2n) is 5.11. The molecule has 1 aliphatic rings. The van der Waals surface area contributed by atoms with Crippen LogP contribution in [0.3, 0.4) is 0 Å². The maximum atomic E-state index is 5.39. The summed E-state index contributed by atoms with van der Waals surface area (Å²) in [6, 6.07) is 6.46. The van der Waals surface area contributed by atoms with Gasteiger partial charge in [-0.2, -0.15) is 0 Å². The van der Waals surface area contributed by atoms with Gasteiger partial charge in [-0.3, -0.25) is 4.99 Å². The number of benzene rings is 1. The van der Waals surface area contributed by atoms with Crippen LogP contribution in [0.4, 0.5) is 0 Å². The number of hydrogen-bond donors (Lipinski definition) is 2. The molecular weight excluding hydrogens is 393 g/mol. The maximum absolute atomic E-state index is 5.39. The average molecular weight is 419 g/mol. The van der Waals surface area contributed by atoms with E-state index in [-0.39, 0.29) is 24.0 Å². The predicted octanol–water partition coefficient (Wildman–Crippen LogP) is 2.58. The molecule has 5 nitrogen and oxygen atoms in total. The first-order valence-electron chi connectivity index (χ1n) is 7.52. The third-order valence-electron chi connectivity index (χ3n) is 3.40. The summed E-state index contributed by atoms with van der Waals surface area (Å²) in [7, 11) is 3.36. The molecule has 124 valence electrons. The topological polar surface area (TPSA) is 54.9 Å². The lowest BCUT2D eigenvalue weighted by molar-refractivity contribution is 0.399. The Labute approximate surface area is 149 Å². The van der Waals surface area contributed by atoms with E-state index < -0.39 is 0 Å². The standard InChI is InChI=1S/C16H25N3O2.HI/c1-4-17-16(19-13-5-6-13)18-10-9-12-11-14(20-2)7-8-15(12)21-3;/h7-8,11,13H,4-6,9-10H2,1-3H3,(H2,17,18,19);1H. The highest BCUT2D eigenvalue weighted by atomic mass is 127. The fraction of sp³-hybridized carbons (Fsp3) is 0.562. The van der Waals surface area contributed by atoms with Gasteiger partial charge in [0.15, 0.2) is 5.96 Å². The molecule has 1 fully saturated rings. The van der Waals surface area contributed by atoms with Crippen molar-refractivity contribution in [2.45, 2.75) is 32.2 Å². The third kappa shape index (κ3) is 5.90. The summed E-state index contributed by atoms with van der Waals surface area (Å²) in [6.45, 7) is 3.67. The molecule has 1 aromatic rings. The number of nitrogens with one attached hydrogen (secondary N) is 2. The molecule has 0 atom stereocenters. The van der Waals surface area contributed by atoms with E-state index in [9.17, 15) is 0 Å². The molecule has 0 bridgehead atoms. The summed E-state index contributed by atoms with van der Waals surface area (Å²) in [5.74, 6) is 2.63. The minimum absolute atomic E-state index is 0. The van der Waals surface area contributed by atoms with E-state index in [1.807, 2.05) is 18.2 Å². The van der Waals surface area contributed by atoms with E-state index in [1.54, 1.807) is 14.2 Å². The third-order valence-corrected chi connectivity index (χ3v) is 3.40. The lowest BCUT2D eigenvalue weighted by Crippen LogP contribution is -2.38. The summed E-state index contributed by atoms with van der Waals surface area (Å²) in [5, 5.41) is 6.69. The molecule has 0 aliphatic heterocycles. The molecule has 22 heavy (non-hydrogen) atoms. The van der Waals surface area contributed by atoms with Gasteiger partial charge < -0.3 is 20.1 Å². The summed E-state index contributed by atoms with van der Waals surface area (Å²) in [4.78, 5) is 4.62. The molecule has 0 aromatic heterocycles. The van der Waals surface area contributed by atoms with Crippen molar-refractivity contribution in [3.8, 4) is 11.5 Å². The van der Waals surface area contributed by atoms with Crippen molar-refractivity contribution in [3.05, 3.63) is 23.8 Å². The van der Waals surface area contributed by atoms with E-state index in [4.69, 9.17) is 9.47 Å². The number of methoxy groups -OCH3 is 2. The lowest BCUT2D eigenvalue weighted by atomic mass is 10.1. The molecule has 1 aliphatic carbocycles. The van der Waals surface area contributed by atoms with Crippen LogP contribution in [-0.2, 0) is 6.42 Å². The van der Waals surface area contributed by atoms with Gasteiger partial charge >= 0.3 is 0 Å². The van der Waals surface area contributed by atoms with E-state index in [0.29, 0.717) is 12.6 Å². The Kier molecular flexibility index (Phi) is 8.37. The van der Waals surface area contributed by atoms with Crippen molar-refractivity contribution in [1.29, 1.82) is 0 Å². The molecule has 0 saturated heterocycles. The number of halogens is 1. The number of guanidine groups is 1. The normalized spacial score (nSPS) is 14.0. The number of rotatable bonds is 7. The van der Waals surface area contributed by atoms with Gasteiger partial charge in [0.2, 0.25) is 0 Å². The Balaban J connectivity index is 0.00000242. The van der Waals surface area contributed by atoms with Crippen molar-refractivity contribution in [2.24, 2.45) is 4.99 Å². The monoisotopic (exact) mass is 419 g/mol. The van der Waals surface area contributed by atoms with Crippen molar-refractivity contribution in [1.82, 2.24) is 10.6 Å². The van der Waals surface area contributed by atoms with Crippen LogP contribution in [0.25, 0.3) is 0 Å². The van der Waals surface area contributed by atoms with Crippen molar-refractivity contribution >= 4 is 29.9 Å². The minimum atomic E-state index is 0. The second-order valence-corrected chi connectivity index (χ2v) is 5.11. The van der Waals surface area contributed by atoms with Crippen LogP contribution in [-0.4, -0.2) is 39.3 Å². The average Bonchev–Trinajstić information content (AvgIpc) is 3.31. The van der Waals surface area contributed by atoms with Crippen LogP contribution in [0.1, 0.15) is 25.3 Å². The molecule has 0 radical (unpaired) electrons. The highest BCUT2D eigenvalue weighted by Crippen LogP contribution is 2.24. The second kappa shape index (κ2) is 9.76. The number of aliphatic imine (C=N–C) groups is 1. The van der Waals surface area contributed by atoms with Gasteiger partial charge in [-0.1, -0.05) is 0 Å². The smallest absolute Gasteiger partial charge is 0.191 e. The zero-order valence-corrected chi connectivity index (χ0v) is 15.8. The highest BCUT2D eigenvalue weighted by molar-refractivity contribution is 14.0. The van der Waals surface area contributed by atoms with E-state index in [2.05, 4.69) is 22.5 Å². The number of hydrogen-bond acceptors (Lipinski definition) is 3. The van der Waals surface area contributed by atoms with Crippen LogP contribution in [0.5, 0.6) is 11.5 Å². The summed E-state index contributed by atoms with van der Waals surface area (Å²) in [6.07, 6.45) is 3.31. The van der Waals surface area contributed by atoms with Crippen LogP contribution >= 0.6 is 24.0 Å². The number of ether oxygens (including phenoxy) is 2. The van der Waals surface area contributed by atoms with Crippen LogP contribution in [0, 0.1) is 0 Å². The Morgan fingerprint density at radius 1 is 1.27 bits per heavy atom. The van der Waals surface area contributed by atoms with E-state index in [0.717, 1.165) is 36.0 Å². The molecular formula is C16H26IN3O2. The summed E-state index contributed by atoms with van der Waals surface area (Å²) >= 11 is 0. The zero-order valence-electron chi connectivity index (χ0n) is 13.5. The van der Waals surface area contributed by atoms with Crippen molar-refractivity contribution in [3.63, 3.8) is 0 Å². The quantitative estimate of drug-likeness (QED) is 0.405. The Bertz CT molecular complexity index is 490. The van der Waals surface area contributed by atoms with Gasteiger partial charge in [-0.15, -0.1) is 24.0 Å². The van der Waals surface area contributed by atoms with Crippen molar-refractivity contribution < 1.29 is 9.47 Å². The molecule has 0 amide bonds. The predicted molar refractivity (Wildman–Crippen MR) is 101 cm³/mol. The molecule has 0 unspecified atom stereocenters. The van der Waals surface area contributed by atoms with Gasteiger partial charge in [0.05, 0.1) is 14.2 Å². The maximum Gasteiger partial charge on any atom is 0.191 e. The largest absolute Gasteiger partial charge is 0.497 e. The van der Waals surface area contributed by atoms with Gasteiger partial charge in [0, 0.05) is 19.1 Å². The van der Waals surface area contributed by atoms with Gasteiger partial charge in [-0.05, 0) is 49.9 Å². The SMILES string of the molecule is CCNC(=NCCc1cc(OC)ccc1OC)NC1CC1.I. The zero-order chi connectivity index (χ0) is 15.1. The first kappa shape index (κ1) is 18.9. The summed E-state index contributed by atoms with van der Waals surface area (Å²) < 4.78 is 10.7. The summed E-state index contributed by atoms with van der Waals surface area (Å²) in [5.41, 5.74) is 1.11. The number of nitrogens with zero attached hydrogens (tertiary/aromatic N) is 1. The van der Waals surface area contributed by atoms with Gasteiger partial charge in [0.25, 0.3) is 0 Å². The first-order valence-corrected chi connectivity index (χ1v) is 7.52. The fourth-order valence-corrected chi connectivity index (χ4v) is 2.11. The fourth-order valence-electron chi connectivity index (χ4n) is 2.11. The van der Waals surface area contributed by atoms with Gasteiger partial charge in [-0.25, -0.2) is 0 Å². The van der Waals surface area contributed by atoms with Crippen LogP contribution in [0.2, 0.25) is 0 Å². The van der Waals surface area contributed by atoms with Crippen molar-refractivity contribution in [2.75, 3.05) is 27.3 Å². The highest BCUT2D eigenvalue weighted by Gasteiger charge is 2.21. The molecule has 0 spiro atoms. The Morgan fingerprint density at radius 2 is 2.05 bits per heavy atom. The lowest BCUT2D eigenvalue weighted by Gasteiger charge is -2.12. The van der Waals surface area contributed by atoms with Gasteiger partial charge in [0.1, 0.15) is 11.5 Å². The van der Waals surface area contributed by atoms with E-state index >= 15 is 0 Å². The van der Waals surface area contributed by atoms with Crippen LogP contribution < -0.4 is 20.1 Å². The Morgan fingerprint density at radius 3 is 2.64 bits per heavy atom. The molecule has 2 rings (SSSR count). The molecule has 6 heteroatoms. The molecule has 1 aromatic carbocycles. The minimum Gasteiger partial charge on any atom is -0.497 e. The first-order chi connectivity index (χ1) is 10.3. The van der Waals surface area contributed by atoms with Crippen LogP contribution in [0.15, 0.2) is 23.2 Å².